The van der Waals surface area contributed by atoms with E-state index in [0.29, 0.717) is 17.0 Å². The fourth-order valence-corrected chi connectivity index (χ4v) is 3.23. The summed E-state index contributed by atoms with van der Waals surface area (Å²) in [5, 5.41) is 0. The van der Waals surface area contributed by atoms with Gasteiger partial charge in [0.2, 0.25) is 40.7 Å². The van der Waals surface area contributed by atoms with Crippen LogP contribution in [-0.2, 0) is 10.1 Å². The molecule has 5 nitrogen and oxygen atoms in total. The van der Waals surface area contributed by atoms with Gasteiger partial charge in [0.25, 0.3) is 0 Å². The molecule has 0 aliphatic rings. The van der Waals surface area contributed by atoms with Gasteiger partial charge in [0.15, 0.2) is 0 Å². The zero-order valence-electron chi connectivity index (χ0n) is 14.4. The Hall–Kier alpha value is -3.21. The standard InChI is InChI=1S/C18H10F5NO4S/c1-27-12-7-4-10(8-24-12)9-2-5-11(6-3-9)29(25,26)28-18-16(22)14(20)13(19)15(21)17(18)23/h2-8H,1H3. The van der Waals surface area contributed by atoms with Crippen LogP contribution >= 0.6 is 0 Å². The number of pyridine rings is 1. The quantitative estimate of drug-likeness (QED) is 0.262. The third-order valence-corrected chi connectivity index (χ3v) is 5.02. The van der Waals surface area contributed by atoms with E-state index in [2.05, 4.69) is 9.17 Å². The fourth-order valence-electron chi connectivity index (χ4n) is 2.30. The molecule has 0 saturated heterocycles. The number of benzene rings is 2. The van der Waals surface area contributed by atoms with E-state index in [1.165, 1.54) is 25.4 Å². The minimum Gasteiger partial charge on any atom is -0.481 e. The minimum atomic E-state index is -4.89. The van der Waals surface area contributed by atoms with E-state index in [1.54, 1.807) is 12.1 Å². The Balaban J connectivity index is 1.93. The van der Waals surface area contributed by atoms with Crippen molar-refractivity contribution in [3.05, 3.63) is 71.7 Å². The normalized spacial score (nSPS) is 11.4. The monoisotopic (exact) mass is 431 g/mol. The van der Waals surface area contributed by atoms with Crippen molar-refractivity contribution >= 4 is 10.1 Å². The van der Waals surface area contributed by atoms with Gasteiger partial charge in [-0.3, -0.25) is 0 Å². The number of rotatable bonds is 5. The lowest BCUT2D eigenvalue weighted by atomic mass is 10.1. The summed E-state index contributed by atoms with van der Waals surface area (Å²) in [6, 6.07) is 8.01. The summed E-state index contributed by atoms with van der Waals surface area (Å²) in [5.41, 5.74) is 1.14. The molecule has 1 aromatic heterocycles. The van der Waals surface area contributed by atoms with Gasteiger partial charge >= 0.3 is 10.1 Å². The lowest BCUT2D eigenvalue weighted by Crippen LogP contribution is -2.14. The Bertz CT molecular complexity index is 1140. The molecule has 3 rings (SSSR count). The Kier molecular flexibility index (Phi) is 5.42. The molecule has 152 valence electrons. The SMILES string of the molecule is COc1ccc(-c2ccc(S(=O)(=O)Oc3c(F)c(F)c(F)c(F)c3F)cc2)cn1. The van der Waals surface area contributed by atoms with E-state index < -0.39 is 49.8 Å². The number of aromatic nitrogens is 1. The topological polar surface area (TPSA) is 65.5 Å². The molecule has 29 heavy (non-hydrogen) atoms. The molecule has 0 saturated carbocycles. The van der Waals surface area contributed by atoms with Crippen LogP contribution in [0.2, 0.25) is 0 Å². The van der Waals surface area contributed by atoms with E-state index in [4.69, 9.17) is 4.74 Å². The summed E-state index contributed by atoms with van der Waals surface area (Å²) in [6.45, 7) is 0. The molecule has 1 heterocycles. The molecule has 0 aliphatic heterocycles. The van der Waals surface area contributed by atoms with Crippen LogP contribution in [0, 0.1) is 29.1 Å². The van der Waals surface area contributed by atoms with Gasteiger partial charge in [-0.2, -0.15) is 17.2 Å². The number of nitrogens with zero attached hydrogens (tertiary/aromatic N) is 1. The first-order valence-electron chi connectivity index (χ1n) is 7.72. The van der Waals surface area contributed by atoms with E-state index in [9.17, 15) is 30.4 Å². The van der Waals surface area contributed by atoms with Crippen molar-refractivity contribution < 1.29 is 39.3 Å². The van der Waals surface area contributed by atoms with Gasteiger partial charge in [0.05, 0.1) is 7.11 Å². The van der Waals surface area contributed by atoms with Crippen LogP contribution in [0.15, 0.2) is 47.5 Å². The minimum absolute atomic E-state index is 0.365. The molecule has 0 spiro atoms. The fraction of sp³-hybridized carbons (Fsp3) is 0.0556. The predicted molar refractivity (Wildman–Crippen MR) is 90.3 cm³/mol. The van der Waals surface area contributed by atoms with Crippen LogP contribution in [0.25, 0.3) is 11.1 Å². The number of hydrogen-bond donors (Lipinski definition) is 0. The predicted octanol–water partition coefficient (Wildman–Crippen LogP) is 4.22. The highest BCUT2D eigenvalue weighted by atomic mass is 32.2. The van der Waals surface area contributed by atoms with Crippen molar-refractivity contribution in [3.8, 4) is 22.8 Å². The highest BCUT2D eigenvalue weighted by Crippen LogP contribution is 2.31. The molecule has 0 amide bonds. The van der Waals surface area contributed by atoms with E-state index in [-0.39, 0.29) is 0 Å². The summed E-state index contributed by atoms with van der Waals surface area (Å²) in [6.07, 6.45) is 1.47. The third kappa shape index (κ3) is 3.86. The Morgan fingerprint density at radius 2 is 1.28 bits per heavy atom. The van der Waals surface area contributed by atoms with E-state index in [0.717, 1.165) is 12.1 Å². The second kappa shape index (κ2) is 7.66. The van der Waals surface area contributed by atoms with Crippen LogP contribution in [0.4, 0.5) is 22.0 Å². The van der Waals surface area contributed by atoms with Gasteiger partial charge in [-0.25, -0.2) is 18.2 Å². The molecule has 0 radical (unpaired) electrons. The highest BCUT2D eigenvalue weighted by molar-refractivity contribution is 7.87. The third-order valence-electron chi connectivity index (χ3n) is 3.78. The molecular weight excluding hydrogens is 421 g/mol. The number of hydrogen-bond acceptors (Lipinski definition) is 5. The molecule has 0 bridgehead atoms. The molecule has 0 atom stereocenters. The van der Waals surface area contributed by atoms with Gasteiger partial charge in [-0.05, 0) is 23.8 Å². The Morgan fingerprint density at radius 1 is 0.759 bits per heavy atom. The molecular formula is C18H10F5NO4S. The van der Waals surface area contributed by atoms with Crippen molar-refractivity contribution in [1.29, 1.82) is 0 Å². The molecule has 3 aromatic rings. The van der Waals surface area contributed by atoms with Gasteiger partial charge in [0, 0.05) is 17.8 Å². The van der Waals surface area contributed by atoms with Crippen LogP contribution in [-0.4, -0.2) is 20.5 Å². The van der Waals surface area contributed by atoms with Crippen LogP contribution in [0.1, 0.15) is 0 Å². The first-order chi connectivity index (χ1) is 13.7. The van der Waals surface area contributed by atoms with Crippen LogP contribution in [0.5, 0.6) is 11.6 Å². The maximum Gasteiger partial charge on any atom is 0.339 e. The van der Waals surface area contributed by atoms with E-state index >= 15 is 0 Å². The maximum absolute atomic E-state index is 13.7. The second-order valence-corrected chi connectivity index (χ2v) is 7.10. The van der Waals surface area contributed by atoms with Crippen molar-refractivity contribution in [2.45, 2.75) is 4.90 Å². The van der Waals surface area contributed by atoms with Crippen molar-refractivity contribution in [1.82, 2.24) is 4.98 Å². The molecule has 0 fully saturated rings. The lowest BCUT2D eigenvalue weighted by molar-refractivity contribution is 0.346. The first-order valence-corrected chi connectivity index (χ1v) is 9.13. The largest absolute Gasteiger partial charge is 0.481 e. The van der Waals surface area contributed by atoms with Crippen LogP contribution in [0.3, 0.4) is 0 Å². The lowest BCUT2D eigenvalue weighted by Gasteiger charge is -2.11. The van der Waals surface area contributed by atoms with Crippen LogP contribution < -0.4 is 8.92 Å². The molecule has 11 heteroatoms. The molecule has 2 aromatic carbocycles. The number of halogens is 5. The van der Waals surface area contributed by atoms with Gasteiger partial charge < -0.3 is 8.92 Å². The summed E-state index contributed by atoms with van der Waals surface area (Å²) < 4.78 is 100. The zero-order valence-corrected chi connectivity index (χ0v) is 15.2. The smallest absolute Gasteiger partial charge is 0.339 e. The number of ether oxygens (including phenoxy) is 1. The zero-order chi connectivity index (χ0) is 21.3. The first kappa shape index (κ1) is 20.5. The van der Waals surface area contributed by atoms with Gasteiger partial charge in [-0.1, -0.05) is 12.1 Å². The average Bonchev–Trinajstić information content (AvgIpc) is 2.74. The number of methoxy groups -OCH3 is 1. The molecule has 0 aliphatic carbocycles. The average molecular weight is 431 g/mol. The molecule has 0 N–H and O–H groups in total. The van der Waals surface area contributed by atoms with Gasteiger partial charge in [0.1, 0.15) is 4.90 Å². The maximum atomic E-state index is 13.7. The van der Waals surface area contributed by atoms with Gasteiger partial charge in [-0.15, -0.1) is 0 Å². The van der Waals surface area contributed by atoms with E-state index in [1.807, 2.05) is 0 Å². The highest BCUT2D eigenvalue weighted by Gasteiger charge is 2.30. The summed E-state index contributed by atoms with van der Waals surface area (Å²) in [5.74, 6) is -13.4. The van der Waals surface area contributed by atoms with Crippen molar-refractivity contribution in [2.24, 2.45) is 0 Å². The summed E-state index contributed by atoms with van der Waals surface area (Å²) in [7, 11) is -3.45. The Labute approximate surface area is 161 Å². The summed E-state index contributed by atoms with van der Waals surface area (Å²) >= 11 is 0. The Morgan fingerprint density at radius 3 is 1.76 bits per heavy atom. The molecule has 0 unspecified atom stereocenters. The summed E-state index contributed by atoms with van der Waals surface area (Å²) in [4.78, 5) is 3.43. The second-order valence-electron chi connectivity index (χ2n) is 5.55. The van der Waals surface area contributed by atoms with Crippen molar-refractivity contribution in [3.63, 3.8) is 0 Å². The van der Waals surface area contributed by atoms with Crippen molar-refractivity contribution in [2.75, 3.05) is 7.11 Å².